The van der Waals surface area contributed by atoms with Crippen molar-refractivity contribution in [2.75, 3.05) is 7.05 Å². The molecule has 0 radical (unpaired) electrons. The maximum atomic E-state index is 14.5. The molecular weight excluding hydrogens is 550 g/mol. The Morgan fingerprint density at radius 1 is 1.08 bits per heavy atom. The van der Waals surface area contributed by atoms with Gasteiger partial charge in [-0.05, 0) is 55.4 Å². The van der Waals surface area contributed by atoms with Crippen molar-refractivity contribution in [3.63, 3.8) is 0 Å². The van der Waals surface area contributed by atoms with E-state index in [4.69, 9.17) is 23.2 Å². The number of rotatable bonds is 9. The Kier molecular flexibility index (Phi) is 8.53. The van der Waals surface area contributed by atoms with Gasteiger partial charge in [0.2, 0.25) is 0 Å². The zero-order chi connectivity index (χ0) is 28.4. The van der Waals surface area contributed by atoms with Crippen LogP contribution in [0.3, 0.4) is 0 Å². The van der Waals surface area contributed by atoms with Crippen molar-refractivity contribution in [3.05, 3.63) is 108 Å². The number of hydrogen-bond donors (Lipinski definition) is 4. The average molecular weight is 575 g/mol. The van der Waals surface area contributed by atoms with E-state index in [-0.39, 0.29) is 50.7 Å². The van der Waals surface area contributed by atoms with Crippen LogP contribution in [0, 0.1) is 5.82 Å². The molecule has 4 aromatic rings. The molecule has 0 saturated carbocycles. The predicted octanol–water partition coefficient (Wildman–Crippen LogP) is 3.13. The van der Waals surface area contributed by atoms with Gasteiger partial charge >= 0.3 is 11.7 Å². The van der Waals surface area contributed by atoms with E-state index in [2.05, 4.69) is 10.6 Å². The molecule has 1 unspecified atom stereocenters. The maximum absolute atomic E-state index is 14.5. The van der Waals surface area contributed by atoms with Gasteiger partial charge in [-0.1, -0.05) is 41.4 Å². The Balaban J connectivity index is 1.65. The van der Waals surface area contributed by atoms with E-state index in [1.165, 1.54) is 48.0 Å². The molecule has 1 heterocycles. The van der Waals surface area contributed by atoms with Crippen molar-refractivity contribution in [2.45, 2.75) is 25.2 Å². The normalized spacial score (nSPS) is 13.0. The van der Waals surface area contributed by atoms with Crippen molar-refractivity contribution in [2.24, 2.45) is 7.05 Å². The third kappa shape index (κ3) is 5.75. The number of aliphatic carboxylic acids is 1. The molecule has 12 heteroatoms. The number of nitrogens with one attached hydrogen (secondary N) is 2. The van der Waals surface area contributed by atoms with Gasteiger partial charge in [0.25, 0.3) is 5.56 Å². The van der Waals surface area contributed by atoms with Gasteiger partial charge in [0.15, 0.2) is 0 Å². The van der Waals surface area contributed by atoms with Crippen LogP contribution in [0.2, 0.25) is 10.0 Å². The Labute approximate surface area is 232 Å². The van der Waals surface area contributed by atoms with E-state index in [1.807, 2.05) is 0 Å². The molecule has 4 N–H and O–H groups in total. The van der Waals surface area contributed by atoms with E-state index in [0.717, 1.165) is 4.57 Å². The van der Waals surface area contributed by atoms with Gasteiger partial charge in [0, 0.05) is 34.8 Å². The minimum absolute atomic E-state index is 0.0357. The third-order valence-electron chi connectivity index (χ3n) is 6.37. The number of aliphatic hydroxyl groups is 1. The number of halogens is 3. The number of aromatic nitrogens is 2. The van der Waals surface area contributed by atoms with Crippen LogP contribution in [0.5, 0.6) is 0 Å². The predicted molar refractivity (Wildman–Crippen MR) is 147 cm³/mol. The molecule has 4 rings (SSSR count). The van der Waals surface area contributed by atoms with Crippen molar-refractivity contribution >= 4 is 40.1 Å². The van der Waals surface area contributed by atoms with E-state index in [0.29, 0.717) is 5.56 Å². The first-order chi connectivity index (χ1) is 18.5. The van der Waals surface area contributed by atoms with Crippen LogP contribution in [-0.2, 0) is 24.8 Å². The monoisotopic (exact) mass is 574 g/mol. The number of aliphatic hydroxyl groups excluding tert-OH is 1. The molecule has 0 aliphatic rings. The fourth-order valence-electron chi connectivity index (χ4n) is 4.35. The van der Waals surface area contributed by atoms with Crippen LogP contribution in [0.4, 0.5) is 4.39 Å². The minimum atomic E-state index is -1.44. The molecule has 0 aliphatic carbocycles. The van der Waals surface area contributed by atoms with Gasteiger partial charge in [-0.2, -0.15) is 0 Å². The standard InChI is InChI=1S/C27H25Cl2FN4O5/c1-31-13-15-11-17-22(12-20(15)30)33(2)27(39)34(25(17)36)16-8-6-14(7-9-16)10-21(26(37)38)32-24(35)23-18(28)4-3-5-19(23)29/h3-9,11-12,21,24,31-32,35H,10,13H2,1-2H3,(H,37,38)/t21-,24?/m0/s1. The van der Waals surface area contributed by atoms with Crippen LogP contribution >= 0.6 is 23.2 Å². The Morgan fingerprint density at radius 2 is 1.72 bits per heavy atom. The first kappa shape index (κ1) is 28.5. The van der Waals surface area contributed by atoms with Gasteiger partial charge < -0.3 is 15.5 Å². The van der Waals surface area contributed by atoms with E-state index >= 15 is 0 Å². The van der Waals surface area contributed by atoms with Crippen molar-refractivity contribution in [1.82, 2.24) is 19.8 Å². The lowest BCUT2D eigenvalue weighted by Crippen LogP contribution is -2.41. The summed E-state index contributed by atoms with van der Waals surface area (Å²) in [6.45, 7) is 0.203. The molecule has 0 saturated heterocycles. The molecular formula is C27H25Cl2FN4O5. The number of carbonyl (C=O) groups is 1. The zero-order valence-electron chi connectivity index (χ0n) is 20.9. The molecule has 0 spiro atoms. The largest absolute Gasteiger partial charge is 0.480 e. The Bertz CT molecular complexity index is 1650. The second-order valence-electron chi connectivity index (χ2n) is 8.94. The summed E-state index contributed by atoms with van der Waals surface area (Å²) in [5.74, 6) is -1.75. The number of carboxylic acids is 1. The smallest absolute Gasteiger partial charge is 0.335 e. The number of hydrogen-bond acceptors (Lipinski definition) is 6. The molecule has 1 aromatic heterocycles. The van der Waals surface area contributed by atoms with E-state index < -0.39 is 35.3 Å². The Morgan fingerprint density at radius 3 is 2.31 bits per heavy atom. The summed E-state index contributed by atoms with van der Waals surface area (Å²) in [6, 6.07) is 12.2. The lowest BCUT2D eigenvalue weighted by molar-refractivity contribution is -0.140. The average Bonchev–Trinajstić information content (AvgIpc) is 2.89. The summed E-state index contributed by atoms with van der Waals surface area (Å²) in [5, 5.41) is 26.3. The second-order valence-corrected chi connectivity index (χ2v) is 9.75. The van der Waals surface area contributed by atoms with Crippen LogP contribution in [0.1, 0.15) is 22.9 Å². The summed E-state index contributed by atoms with van der Waals surface area (Å²) in [6.07, 6.45) is -1.48. The second kappa shape index (κ2) is 11.7. The number of aryl methyl sites for hydroxylation is 1. The highest BCUT2D eigenvalue weighted by Crippen LogP contribution is 2.29. The minimum Gasteiger partial charge on any atom is -0.480 e. The molecule has 3 aromatic carbocycles. The highest BCUT2D eigenvalue weighted by atomic mass is 35.5. The van der Waals surface area contributed by atoms with E-state index in [1.54, 1.807) is 25.2 Å². The lowest BCUT2D eigenvalue weighted by atomic mass is 10.0. The Hall–Kier alpha value is -3.54. The summed E-state index contributed by atoms with van der Waals surface area (Å²) < 4.78 is 16.6. The van der Waals surface area contributed by atoms with Crippen molar-refractivity contribution < 1.29 is 19.4 Å². The fourth-order valence-corrected chi connectivity index (χ4v) is 4.95. The SMILES string of the molecule is CNCc1cc2c(=O)n(-c3ccc(C[C@H](NC(O)c4c(Cl)cccc4Cl)C(=O)O)cc3)c(=O)n(C)c2cc1F. The zero-order valence-corrected chi connectivity index (χ0v) is 22.4. The molecule has 0 bridgehead atoms. The highest BCUT2D eigenvalue weighted by Gasteiger charge is 2.24. The van der Waals surface area contributed by atoms with Crippen molar-refractivity contribution in [3.8, 4) is 5.69 Å². The first-order valence-corrected chi connectivity index (χ1v) is 12.6. The summed E-state index contributed by atoms with van der Waals surface area (Å²) in [7, 11) is 3.10. The lowest BCUT2D eigenvalue weighted by Gasteiger charge is -2.21. The first-order valence-electron chi connectivity index (χ1n) is 11.8. The highest BCUT2D eigenvalue weighted by molar-refractivity contribution is 6.36. The number of carboxylic acid groups (broad SMARTS) is 1. The van der Waals surface area contributed by atoms with E-state index in [9.17, 15) is 29.0 Å². The number of nitrogens with zero attached hydrogens (tertiary/aromatic N) is 2. The van der Waals surface area contributed by atoms with Crippen molar-refractivity contribution in [1.29, 1.82) is 0 Å². The molecule has 39 heavy (non-hydrogen) atoms. The number of benzene rings is 3. The van der Waals surface area contributed by atoms with Gasteiger partial charge in [-0.3, -0.25) is 19.5 Å². The molecule has 2 atom stereocenters. The maximum Gasteiger partial charge on any atom is 0.335 e. The van der Waals surface area contributed by atoms with Crippen LogP contribution in [-0.4, -0.2) is 38.4 Å². The van der Waals surface area contributed by atoms with Gasteiger partial charge in [-0.25, -0.2) is 13.8 Å². The van der Waals surface area contributed by atoms with Gasteiger partial charge in [-0.15, -0.1) is 0 Å². The molecule has 0 fully saturated rings. The van der Waals surface area contributed by atoms with Gasteiger partial charge in [0.05, 0.1) is 16.6 Å². The fraction of sp³-hybridized carbons (Fsp3) is 0.222. The van der Waals surface area contributed by atoms with Crippen LogP contribution in [0.25, 0.3) is 16.6 Å². The molecule has 0 aliphatic heterocycles. The third-order valence-corrected chi connectivity index (χ3v) is 7.03. The molecule has 0 amide bonds. The summed E-state index contributed by atoms with van der Waals surface area (Å²) in [4.78, 5) is 38.3. The summed E-state index contributed by atoms with van der Waals surface area (Å²) in [5.41, 5.74) is 0.159. The topological polar surface area (TPSA) is 126 Å². The van der Waals surface area contributed by atoms with Crippen LogP contribution in [0.15, 0.2) is 64.2 Å². The van der Waals surface area contributed by atoms with Gasteiger partial charge in [0.1, 0.15) is 18.1 Å². The van der Waals surface area contributed by atoms with Crippen LogP contribution < -0.4 is 21.9 Å². The summed E-state index contributed by atoms with van der Waals surface area (Å²) >= 11 is 12.2. The quantitative estimate of drug-likeness (QED) is 0.226. The molecule has 9 nitrogen and oxygen atoms in total. The molecule has 204 valence electrons. The number of fused-ring (bicyclic) bond motifs is 1.